The Morgan fingerprint density at radius 3 is 2.40 bits per heavy atom. The van der Waals surface area contributed by atoms with Crippen LogP contribution in [-0.4, -0.2) is 39.8 Å². The lowest BCUT2D eigenvalue weighted by molar-refractivity contribution is 0.0947. The van der Waals surface area contributed by atoms with Gasteiger partial charge >= 0.3 is 0 Å². The van der Waals surface area contributed by atoms with Crippen molar-refractivity contribution in [2.75, 3.05) is 23.7 Å². The lowest BCUT2D eigenvalue weighted by Gasteiger charge is -2.23. The summed E-state index contributed by atoms with van der Waals surface area (Å²) in [7, 11) is -3.55. The largest absolute Gasteiger partial charge is 0.491 e. The summed E-state index contributed by atoms with van der Waals surface area (Å²) in [5.74, 6) is 0.902. The molecular weight excluding hydrogens is 488 g/mol. The molecule has 1 N–H and O–H groups in total. The Morgan fingerprint density at radius 2 is 1.74 bits per heavy atom. The van der Waals surface area contributed by atoms with Crippen LogP contribution in [0, 0.1) is 0 Å². The van der Waals surface area contributed by atoms with E-state index in [9.17, 15) is 13.2 Å². The molecule has 0 saturated carbocycles. The van der Waals surface area contributed by atoms with E-state index in [1.54, 1.807) is 60.7 Å². The van der Waals surface area contributed by atoms with Crippen LogP contribution in [0.2, 0.25) is 5.02 Å². The van der Waals surface area contributed by atoms with Crippen molar-refractivity contribution in [2.24, 2.45) is 0 Å². The molecule has 0 aliphatic rings. The fourth-order valence-electron chi connectivity index (χ4n) is 3.30. The molecule has 3 aromatic rings. The topological polar surface area (TPSA) is 84.9 Å². The van der Waals surface area contributed by atoms with Crippen molar-refractivity contribution in [1.29, 1.82) is 0 Å². The predicted molar refractivity (Wildman–Crippen MR) is 139 cm³/mol. The molecule has 0 atom stereocenters. The van der Waals surface area contributed by atoms with E-state index in [-0.39, 0.29) is 25.2 Å². The molecule has 9 heteroatoms. The van der Waals surface area contributed by atoms with E-state index in [1.165, 1.54) is 4.31 Å². The number of hydrogen-bond donors (Lipinski definition) is 1. The number of amides is 1. The van der Waals surface area contributed by atoms with Crippen LogP contribution in [0.3, 0.4) is 0 Å². The van der Waals surface area contributed by atoms with Crippen LogP contribution in [0.5, 0.6) is 11.5 Å². The zero-order valence-electron chi connectivity index (χ0n) is 19.9. The molecule has 35 heavy (non-hydrogen) atoms. The number of rotatable bonds is 11. The Morgan fingerprint density at radius 1 is 1.03 bits per heavy atom. The van der Waals surface area contributed by atoms with Crippen LogP contribution in [0.15, 0.2) is 72.8 Å². The number of sulfonamides is 1. The maximum absolute atomic E-state index is 12.5. The second-order valence-electron chi connectivity index (χ2n) is 8.17. The van der Waals surface area contributed by atoms with Crippen LogP contribution in [0.1, 0.15) is 29.8 Å². The van der Waals surface area contributed by atoms with E-state index in [2.05, 4.69) is 5.32 Å². The number of carbonyl (C=O) groups excluding carboxylic acids is 1. The minimum Gasteiger partial charge on any atom is -0.491 e. The van der Waals surface area contributed by atoms with E-state index < -0.39 is 10.0 Å². The van der Waals surface area contributed by atoms with E-state index in [0.717, 1.165) is 11.8 Å². The Kier molecular flexibility index (Phi) is 9.01. The molecule has 3 aromatic carbocycles. The summed E-state index contributed by atoms with van der Waals surface area (Å²) in [6.45, 7) is 4.52. The van der Waals surface area contributed by atoms with Gasteiger partial charge in [0.25, 0.3) is 5.91 Å². The maximum Gasteiger partial charge on any atom is 0.251 e. The van der Waals surface area contributed by atoms with E-state index in [4.69, 9.17) is 21.1 Å². The average Bonchev–Trinajstić information content (AvgIpc) is 2.80. The fourth-order valence-corrected chi connectivity index (χ4v) is 4.37. The zero-order valence-corrected chi connectivity index (χ0v) is 21.5. The van der Waals surface area contributed by atoms with Gasteiger partial charge in [0.2, 0.25) is 10.0 Å². The molecule has 0 spiro atoms. The lowest BCUT2D eigenvalue weighted by Crippen LogP contribution is -2.29. The third-order valence-electron chi connectivity index (χ3n) is 4.90. The normalized spacial score (nSPS) is 11.2. The van der Waals surface area contributed by atoms with Crippen molar-refractivity contribution >= 4 is 33.2 Å². The smallest absolute Gasteiger partial charge is 0.251 e. The number of nitrogens with one attached hydrogen (secondary N) is 1. The molecule has 0 fully saturated rings. The quantitative estimate of drug-likeness (QED) is 0.366. The van der Waals surface area contributed by atoms with Gasteiger partial charge in [0.15, 0.2) is 0 Å². The van der Waals surface area contributed by atoms with Gasteiger partial charge in [0.05, 0.1) is 36.2 Å². The SMILES string of the molecule is CC(C)Oc1cccc(N(Cc2ccc(C(=O)NCCOc3ccccc3Cl)cc2)S(C)(=O)=O)c1. The minimum absolute atomic E-state index is 0.0293. The summed E-state index contributed by atoms with van der Waals surface area (Å²) in [5, 5.41) is 3.30. The van der Waals surface area contributed by atoms with E-state index >= 15 is 0 Å². The van der Waals surface area contributed by atoms with Gasteiger partial charge in [-0.3, -0.25) is 9.10 Å². The van der Waals surface area contributed by atoms with E-state index in [1.807, 2.05) is 26.0 Å². The molecule has 0 unspecified atom stereocenters. The Labute approximate surface area is 211 Å². The van der Waals surface area contributed by atoms with Crippen LogP contribution >= 0.6 is 11.6 Å². The number of halogens is 1. The zero-order chi connectivity index (χ0) is 25.4. The summed E-state index contributed by atoms with van der Waals surface area (Å²) in [4.78, 5) is 12.4. The van der Waals surface area contributed by atoms with Crippen molar-refractivity contribution in [1.82, 2.24) is 5.32 Å². The summed E-state index contributed by atoms with van der Waals surface area (Å²) < 4.78 is 37.6. The van der Waals surface area contributed by atoms with Crippen molar-refractivity contribution < 1.29 is 22.7 Å². The lowest BCUT2D eigenvalue weighted by atomic mass is 10.1. The summed E-state index contributed by atoms with van der Waals surface area (Å²) >= 11 is 6.05. The van der Waals surface area contributed by atoms with E-state index in [0.29, 0.717) is 34.3 Å². The van der Waals surface area contributed by atoms with Gasteiger partial charge in [0, 0.05) is 11.6 Å². The first-order valence-electron chi connectivity index (χ1n) is 11.1. The van der Waals surface area contributed by atoms with Crippen LogP contribution in [-0.2, 0) is 16.6 Å². The monoisotopic (exact) mass is 516 g/mol. The number of hydrogen-bond acceptors (Lipinski definition) is 5. The number of carbonyl (C=O) groups is 1. The highest BCUT2D eigenvalue weighted by atomic mass is 35.5. The van der Waals surface area contributed by atoms with Crippen molar-refractivity contribution in [2.45, 2.75) is 26.5 Å². The molecule has 0 saturated heterocycles. The second-order valence-corrected chi connectivity index (χ2v) is 10.5. The first kappa shape index (κ1) is 26.4. The Bertz CT molecular complexity index is 1250. The molecule has 0 bridgehead atoms. The fraction of sp³-hybridized carbons (Fsp3) is 0.269. The first-order valence-corrected chi connectivity index (χ1v) is 13.3. The molecule has 0 aliphatic heterocycles. The Balaban J connectivity index is 1.61. The van der Waals surface area contributed by atoms with Gasteiger partial charge in [-0.15, -0.1) is 0 Å². The molecule has 1 amide bonds. The summed E-state index contributed by atoms with van der Waals surface area (Å²) in [6, 6.07) is 20.9. The number of para-hydroxylation sites is 1. The highest BCUT2D eigenvalue weighted by Crippen LogP contribution is 2.26. The molecule has 0 aliphatic carbocycles. The highest BCUT2D eigenvalue weighted by molar-refractivity contribution is 7.92. The van der Waals surface area contributed by atoms with Gasteiger partial charge in [-0.25, -0.2) is 8.42 Å². The molecule has 7 nitrogen and oxygen atoms in total. The molecule has 3 rings (SSSR count). The number of benzene rings is 3. The third kappa shape index (κ3) is 7.90. The molecular formula is C26H29ClN2O5S. The van der Waals surface area contributed by atoms with Crippen molar-refractivity contribution in [3.8, 4) is 11.5 Å². The standard InChI is InChI=1S/C26H29ClN2O5S/c1-19(2)34-23-8-6-7-22(17-23)29(35(3,31)32)18-20-11-13-21(14-12-20)26(30)28-15-16-33-25-10-5-4-9-24(25)27/h4-14,17,19H,15-16,18H2,1-3H3,(H,28,30). The second kappa shape index (κ2) is 12.0. The van der Waals surface area contributed by atoms with Crippen LogP contribution in [0.4, 0.5) is 5.69 Å². The molecule has 0 heterocycles. The summed E-state index contributed by atoms with van der Waals surface area (Å²) in [6.07, 6.45) is 1.13. The van der Waals surface area contributed by atoms with Crippen molar-refractivity contribution in [3.63, 3.8) is 0 Å². The van der Waals surface area contributed by atoms with Gasteiger partial charge in [-0.05, 0) is 55.8 Å². The number of anilines is 1. The highest BCUT2D eigenvalue weighted by Gasteiger charge is 2.19. The van der Waals surface area contributed by atoms with Crippen LogP contribution in [0.25, 0.3) is 0 Å². The number of ether oxygens (including phenoxy) is 2. The first-order chi connectivity index (χ1) is 16.6. The predicted octanol–water partition coefficient (Wildman–Crippen LogP) is 4.90. The average molecular weight is 517 g/mol. The Hall–Kier alpha value is -3.23. The maximum atomic E-state index is 12.5. The third-order valence-corrected chi connectivity index (χ3v) is 6.35. The van der Waals surface area contributed by atoms with Gasteiger partial charge in [-0.1, -0.05) is 41.9 Å². The van der Waals surface area contributed by atoms with Crippen LogP contribution < -0.4 is 19.1 Å². The molecule has 0 aromatic heterocycles. The molecule has 186 valence electrons. The summed E-state index contributed by atoms with van der Waals surface area (Å²) in [5.41, 5.74) is 1.71. The van der Waals surface area contributed by atoms with Crippen molar-refractivity contribution in [3.05, 3.63) is 88.9 Å². The number of nitrogens with zero attached hydrogens (tertiary/aromatic N) is 1. The molecule has 0 radical (unpaired) electrons. The van der Waals surface area contributed by atoms with Gasteiger partial charge in [0.1, 0.15) is 18.1 Å². The minimum atomic E-state index is -3.55. The van der Waals surface area contributed by atoms with Gasteiger partial charge < -0.3 is 14.8 Å². The van der Waals surface area contributed by atoms with Gasteiger partial charge in [-0.2, -0.15) is 0 Å².